The lowest BCUT2D eigenvalue weighted by molar-refractivity contribution is -0.137. The summed E-state index contributed by atoms with van der Waals surface area (Å²) in [5.74, 6) is -0.521. The SMILES string of the molecule is O=C(O)CCCNC(=O)C1CCCC1. The maximum atomic E-state index is 11.4. The van der Waals surface area contributed by atoms with Crippen LogP contribution in [0.1, 0.15) is 38.5 Å². The molecule has 1 aliphatic carbocycles. The summed E-state index contributed by atoms with van der Waals surface area (Å²) in [5, 5.41) is 11.2. The quantitative estimate of drug-likeness (QED) is 0.653. The monoisotopic (exact) mass is 199 g/mol. The Labute approximate surface area is 83.7 Å². The van der Waals surface area contributed by atoms with Gasteiger partial charge in [-0.05, 0) is 19.3 Å². The zero-order valence-corrected chi connectivity index (χ0v) is 8.29. The molecule has 0 unspecified atom stereocenters. The molecule has 4 heteroatoms. The molecule has 1 fully saturated rings. The number of carbonyl (C=O) groups excluding carboxylic acids is 1. The summed E-state index contributed by atoms with van der Waals surface area (Å²) < 4.78 is 0. The molecule has 1 aliphatic rings. The van der Waals surface area contributed by atoms with Gasteiger partial charge in [0.2, 0.25) is 5.91 Å². The van der Waals surface area contributed by atoms with Gasteiger partial charge in [0.15, 0.2) is 0 Å². The Morgan fingerprint density at radius 3 is 2.50 bits per heavy atom. The van der Waals surface area contributed by atoms with Crippen LogP contribution >= 0.6 is 0 Å². The molecule has 0 atom stereocenters. The Morgan fingerprint density at radius 2 is 1.93 bits per heavy atom. The summed E-state index contributed by atoms with van der Waals surface area (Å²) >= 11 is 0. The number of hydrogen-bond acceptors (Lipinski definition) is 2. The number of amides is 1. The van der Waals surface area contributed by atoms with Crippen molar-refractivity contribution in [3.63, 3.8) is 0 Å². The van der Waals surface area contributed by atoms with Gasteiger partial charge in [-0.2, -0.15) is 0 Å². The first kappa shape index (κ1) is 11.0. The molecule has 0 aromatic carbocycles. The van der Waals surface area contributed by atoms with E-state index in [1.165, 1.54) is 0 Å². The van der Waals surface area contributed by atoms with E-state index in [0.29, 0.717) is 13.0 Å². The molecule has 80 valence electrons. The van der Waals surface area contributed by atoms with Crippen LogP contribution in [-0.2, 0) is 9.59 Å². The molecule has 0 aliphatic heterocycles. The van der Waals surface area contributed by atoms with Crippen molar-refractivity contribution >= 4 is 11.9 Å². The predicted octanol–water partition coefficient (Wildman–Crippen LogP) is 1.16. The van der Waals surface area contributed by atoms with Crippen LogP contribution < -0.4 is 5.32 Å². The van der Waals surface area contributed by atoms with E-state index in [1.54, 1.807) is 0 Å². The normalized spacial score (nSPS) is 16.9. The van der Waals surface area contributed by atoms with Gasteiger partial charge < -0.3 is 10.4 Å². The molecular weight excluding hydrogens is 182 g/mol. The molecular formula is C10H17NO3. The second-order valence-corrected chi connectivity index (χ2v) is 3.77. The minimum atomic E-state index is -0.805. The topological polar surface area (TPSA) is 66.4 Å². The number of carboxylic acids is 1. The third kappa shape index (κ3) is 3.77. The van der Waals surface area contributed by atoms with Crippen molar-refractivity contribution in [3.05, 3.63) is 0 Å². The number of hydrogen-bond donors (Lipinski definition) is 2. The molecule has 0 radical (unpaired) electrons. The number of carboxylic acid groups (broad SMARTS) is 1. The number of nitrogens with one attached hydrogen (secondary N) is 1. The largest absolute Gasteiger partial charge is 0.481 e. The summed E-state index contributed by atoms with van der Waals surface area (Å²) in [5.41, 5.74) is 0. The van der Waals surface area contributed by atoms with Gasteiger partial charge in [0.05, 0.1) is 0 Å². The molecule has 14 heavy (non-hydrogen) atoms. The molecule has 4 nitrogen and oxygen atoms in total. The Balaban J connectivity index is 2.05. The van der Waals surface area contributed by atoms with E-state index in [4.69, 9.17) is 5.11 Å². The minimum absolute atomic E-state index is 0.105. The third-order valence-electron chi connectivity index (χ3n) is 2.59. The number of carbonyl (C=O) groups is 2. The van der Waals surface area contributed by atoms with Crippen LogP contribution in [0.3, 0.4) is 0 Å². The molecule has 0 aromatic rings. The Hall–Kier alpha value is -1.06. The maximum Gasteiger partial charge on any atom is 0.303 e. The Bertz CT molecular complexity index is 209. The van der Waals surface area contributed by atoms with Gasteiger partial charge in [-0.15, -0.1) is 0 Å². The number of rotatable bonds is 5. The van der Waals surface area contributed by atoms with Crippen LogP contribution in [0, 0.1) is 5.92 Å². The second-order valence-electron chi connectivity index (χ2n) is 3.77. The van der Waals surface area contributed by atoms with E-state index in [0.717, 1.165) is 25.7 Å². The second kappa shape index (κ2) is 5.62. The van der Waals surface area contributed by atoms with E-state index in [9.17, 15) is 9.59 Å². The van der Waals surface area contributed by atoms with Crippen LogP contribution in [-0.4, -0.2) is 23.5 Å². The average Bonchev–Trinajstić information content (AvgIpc) is 2.64. The summed E-state index contributed by atoms with van der Waals surface area (Å²) in [6.45, 7) is 0.488. The van der Waals surface area contributed by atoms with Gasteiger partial charge >= 0.3 is 5.97 Å². The Morgan fingerprint density at radius 1 is 1.29 bits per heavy atom. The third-order valence-corrected chi connectivity index (χ3v) is 2.59. The fourth-order valence-electron chi connectivity index (χ4n) is 1.78. The summed E-state index contributed by atoms with van der Waals surface area (Å²) in [4.78, 5) is 21.6. The van der Waals surface area contributed by atoms with Gasteiger partial charge in [0.25, 0.3) is 0 Å². The molecule has 1 saturated carbocycles. The summed E-state index contributed by atoms with van der Waals surface area (Å²) in [7, 11) is 0. The summed E-state index contributed by atoms with van der Waals surface area (Å²) in [6, 6.07) is 0. The molecule has 0 saturated heterocycles. The molecule has 1 amide bonds. The van der Waals surface area contributed by atoms with E-state index in [-0.39, 0.29) is 18.2 Å². The smallest absolute Gasteiger partial charge is 0.303 e. The minimum Gasteiger partial charge on any atom is -0.481 e. The van der Waals surface area contributed by atoms with Crippen molar-refractivity contribution in [2.24, 2.45) is 5.92 Å². The predicted molar refractivity (Wildman–Crippen MR) is 51.8 cm³/mol. The van der Waals surface area contributed by atoms with Crippen molar-refractivity contribution in [1.82, 2.24) is 5.32 Å². The van der Waals surface area contributed by atoms with Gasteiger partial charge in [0.1, 0.15) is 0 Å². The van der Waals surface area contributed by atoms with E-state index in [1.807, 2.05) is 0 Å². The Kier molecular flexibility index (Phi) is 4.43. The lowest BCUT2D eigenvalue weighted by Gasteiger charge is -2.09. The first-order valence-corrected chi connectivity index (χ1v) is 5.19. The van der Waals surface area contributed by atoms with Crippen molar-refractivity contribution < 1.29 is 14.7 Å². The van der Waals surface area contributed by atoms with Gasteiger partial charge in [-0.25, -0.2) is 0 Å². The average molecular weight is 199 g/mol. The van der Waals surface area contributed by atoms with E-state index in [2.05, 4.69) is 5.32 Å². The molecule has 0 bridgehead atoms. The lowest BCUT2D eigenvalue weighted by atomic mass is 10.1. The molecule has 0 aromatic heterocycles. The van der Waals surface area contributed by atoms with Crippen LogP contribution in [0.25, 0.3) is 0 Å². The zero-order valence-electron chi connectivity index (χ0n) is 8.29. The number of aliphatic carboxylic acids is 1. The van der Waals surface area contributed by atoms with Crippen LogP contribution in [0.15, 0.2) is 0 Å². The van der Waals surface area contributed by atoms with Gasteiger partial charge in [0, 0.05) is 18.9 Å². The lowest BCUT2D eigenvalue weighted by Crippen LogP contribution is -2.30. The standard InChI is InChI=1S/C10H17NO3/c12-9(13)6-3-7-11-10(14)8-4-1-2-5-8/h8H,1-7H2,(H,11,14)(H,12,13). The van der Waals surface area contributed by atoms with Gasteiger partial charge in [-0.3, -0.25) is 9.59 Å². The summed E-state index contributed by atoms with van der Waals surface area (Å²) in [6.07, 6.45) is 4.93. The van der Waals surface area contributed by atoms with Crippen molar-refractivity contribution in [2.45, 2.75) is 38.5 Å². The fourth-order valence-corrected chi connectivity index (χ4v) is 1.78. The van der Waals surface area contributed by atoms with Crippen molar-refractivity contribution in [3.8, 4) is 0 Å². The zero-order chi connectivity index (χ0) is 10.4. The highest BCUT2D eigenvalue weighted by Crippen LogP contribution is 2.24. The molecule has 1 rings (SSSR count). The van der Waals surface area contributed by atoms with Crippen LogP contribution in [0.4, 0.5) is 0 Å². The van der Waals surface area contributed by atoms with Crippen LogP contribution in [0.5, 0.6) is 0 Å². The van der Waals surface area contributed by atoms with Crippen molar-refractivity contribution in [2.75, 3.05) is 6.54 Å². The van der Waals surface area contributed by atoms with Crippen molar-refractivity contribution in [1.29, 1.82) is 0 Å². The van der Waals surface area contributed by atoms with E-state index >= 15 is 0 Å². The highest BCUT2D eigenvalue weighted by molar-refractivity contribution is 5.78. The molecule has 0 spiro atoms. The molecule has 2 N–H and O–H groups in total. The first-order valence-electron chi connectivity index (χ1n) is 5.19. The van der Waals surface area contributed by atoms with Crippen LogP contribution in [0.2, 0.25) is 0 Å². The first-order chi connectivity index (χ1) is 6.70. The fraction of sp³-hybridized carbons (Fsp3) is 0.800. The maximum absolute atomic E-state index is 11.4. The highest BCUT2D eigenvalue weighted by atomic mass is 16.4. The highest BCUT2D eigenvalue weighted by Gasteiger charge is 2.21. The molecule has 0 heterocycles. The van der Waals surface area contributed by atoms with E-state index < -0.39 is 5.97 Å². The van der Waals surface area contributed by atoms with Gasteiger partial charge in [-0.1, -0.05) is 12.8 Å².